The van der Waals surface area contributed by atoms with E-state index in [4.69, 9.17) is 9.47 Å². The van der Waals surface area contributed by atoms with Gasteiger partial charge in [-0.25, -0.2) is 4.98 Å². The second-order valence-corrected chi connectivity index (χ2v) is 7.59. The summed E-state index contributed by atoms with van der Waals surface area (Å²) in [4.78, 5) is 28.6. The van der Waals surface area contributed by atoms with E-state index in [-0.39, 0.29) is 11.8 Å². The molecule has 0 spiro atoms. The Labute approximate surface area is 180 Å². The number of ether oxygens (including phenoxy) is 2. The van der Waals surface area contributed by atoms with Crippen LogP contribution in [-0.4, -0.2) is 29.5 Å². The summed E-state index contributed by atoms with van der Waals surface area (Å²) in [5, 5.41) is 5.67. The Morgan fingerprint density at radius 3 is 2.29 bits per heavy atom. The maximum Gasteiger partial charge on any atom is 0.268 e. The zero-order valence-electron chi connectivity index (χ0n) is 17.6. The van der Waals surface area contributed by atoms with Gasteiger partial charge in [-0.1, -0.05) is 12.1 Å². The molecule has 0 saturated heterocycles. The van der Waals surface area contributed by atoms with Crippen LogP contribution in [0.1, 0.15) is 19.4 Å². The van der Waals surface area contributed by atoms with Gasteiger partial charge in [0.05, 0.1) is 7.11 Å². The van der Waals surface area contributed by atoms with Crippen LogP contribution in [0.2, 0.25) is 0 Å². The average Bonchev–Trinajstić information content (AvgIpc) is 3.12. The number of anilines is 2. The highest BCUT2D eigenvalue weighted by molar-refractivity contribution is 5.98. The highest BCUT2D eigenvalue weighted by atomic mass is 16.5. The van der Waals surface area contributed by atoms with E-state index >= 15 is 0 Å². The van der Waals surface area contributed by atoms with Gasteiger partial charge in [0.15, 0.2) is 5.60 Å². The Balaban J connectivity index is 1.55. The first kappa shape index (κ1) is 20.4. The maximum absolute atomic E-state index is 13.0. The number of nitrogens with zero attached hydrogens (tertiary/aromatic N) is 1. The van der Waals surface area contributed by atoms with Gasteiger partial charge in [-0.2, -0.15) is 0 Å². The minimum atomic E-state index is -1.08. The molecule has 0 aliphatic carbocycles. The lowest BCUT2D eigenvalue weighted by molar-refractivity contribution is -0.128. The number of nitrogens with one attached hydrogen (secondary N) is 2. The van der Waals surface area contributed by atoms with Crippen LogP contribution in [0.4, 0.5) is 11.4 Å². The van der Waals surface area contributed by atoms with E-state index in [0.29, 0.717) is 23.7 Å². The lowest BCUT2D eigenvalue weighted by Gasteiger charge is -2.22. The van der Waals surface area contributed by atoms with Crippen LogP contribution in [0.15, 0.2) is 60.8 Å². The third-order valence-corrected chi connectivity index (χ3v) is 5.20. The molecule has 2 aromatic carbocycles. The number of carbonyl (C=O) groups is 2. The fraction of sp³-hybridized carbons (Fsp3) is 0.208. The van der Waals surface area contributed by atoms with Crippen LogP contribution >= 0.6 is 0 Å². The Bertz CT molecular complexity index is 1130. The number of fused-ring (bicyclic) bond motifs is 1. The number of pyridine rings is 1. The molecule has 2 heterocycles. The lowest BCUT2D eigenvalue weighted by Crippen LogP contribution is -2.44. The minimum Gasteiger partial charge on any atom is -0.497 e. The molecule has 1 aromatic heterocycles. The summed E-state index contributed by atoms with van der Waals surface area (Å²) in [7, 11) is 1.59. The normalized spacial score (nSPS) is 16.7. The van der Waals surface area contributed by atoms with Crippen molar-refractivity contribution in [2.75, 3.05) is 17.7 Å². The number of methoxy groups -OCH3 is 1. The summed E-state index contributed by atoms with van der Waals surface area (Å²) in [5.74, 6) is 0.801. The number of hydrogen-bond donors (Lipinski definition) is 2. The van der Waals surface area contributed by atoms with E-state index in [9.17, 15) is 9.59 Å². The van der Waals surface area contributed by atoms with Crippen molar-refractivity contribution in [3.63, 3.8) is 0 Å². The smallest absolute Gasteiger partial charge is 0.268 e. The average molecular weight is 417 g/mol. The van der Waals surface area contributed by atoms with E-state index in [0.717, 1.165) is 22.4 Å². The molecule has 3 aromatic rings. The van der Waals surface area contributed by atoms with E-state index in [2.05, 4.69) is 15.6 Å². The minimum absolute atomic E-state index is 0.121. The molecule has 7 nitrogen and oxygen atoms in total. The highest BCUT2D eigenvalue weighted by Gasteiger charge is 2.43. The van der Waals surface area contributed by atoms with Gasteiger partial charge in [0.2, 0.25) is 11.8 Å². The van der Waals surface area contributed by atoms with Gasteiger partial charge in [-0.3, -0.25) is 9.59 Å². The lowest BCUT2D eigenvalue weighted by atomic mass is 9.93. The SMILES string of the molecule is COc1ccc(NC(=O)C2(C)Cc3c(-c4ccc(NC(C)=O)cc4)ccnc3O2)cc1. The first-order valence-electron chi connectivity index (χ1n) is 9.88. The monoisotopic (exact) mass is 417 g/mol. The molecule has 1 unspecified atom stereocenters. The van der Waals surface area contributed by atoms with Crippen molar-refractivity contribution in [1.82, 2.24) is 4.98 Å². The van der Waals surface area contributed by atoms with Crippen molar-refractivity contribution in [3.8, 4) is 22.8 Å². The Hall–Kier alpha value is -3.87. The third kappa shape index (κ3) is 4.21. The van der Waals surface area contributed by atoms with Crippen molar-refractivity contribution >= 4 is 23.2 Å². The molecule has 31 heavy (non-hydrogen) atoms. The van der Waals surface area contributed by atoms with Crippen LogP contribution < -0.4 is 20.1 Å². The number of carbonyl (C=O) groups excluding carboxylic acids is 2. The summed E-state index contributed by atoms with van der Waals surface area (Å²) in [6, 6.07) is 16.6. The third-order valence-electron chi connectivity index (χ3n) is 5.20. The number of aromatic nitrogens is 1. The molecule has 0 bridgehead atoms. The molecule has 0 radical (unpaired) electrons. The molecule has 0 fully saturated rings. The Morgan fingerprint density at radius 2 is 1.65 bits per heavy atom. The second-order valence-electron chi connectivity index (χ2n) is 7.59. The van der Waals surface area contributed by atoms with Crippen molar-refractivity contribution in [3.05, 3.63) is 66.4 Å². The van der Waals surface area contributed by atoms with Gasteiger partial charge in [-0.05, 0) is 60.5 Å². The van der Waals surface area contributed by atoms with Gasteiger partial charge < -0.3 is 20.1 Å². The number of amides is 2. The van der Waals surface area contributed by atoms with Gasteiger partial charge in [0.25, 0.3) is 5.91 Å². The zero-order valence-corrected chi connectivity index (χ0v) is 17.6. The topological polar surface area (TPSA) is 89.6 Å². The molecule has 4 rings (SSSR count). The number of benzene rings is 2. The van der Waals surface area contributed by atoms with Gasteiger partial charge in [0.1, 0.15) is 5.75 Å². The standard InChI is InChI=1S/C24H23N3O4/c1-15(28)26-17-6-4-16(5-7-17)20-12-13-25-22-21(20)14-24(2,31-22)23(29)27-18-8-10-19(30-3)11-9-18/h4-13H,14H2,1-3H3,(H,26,28)(H,27,29). The molecule has 1 atom stereocenters. The Kier molecular flexibility index (Phi) is 5.33. The molecule has 0 saturated carbocycles. The van der Waals surface area contributed by atoms with E-state index in [1.54, 1.807) is 44.5 Å². The summed E-state index contributed by atoms with van der Waals surface area (Å²) < 4.78 is 11.2. The van der Waals surface area contributed by atoms with E-state index < -0.39 is 5.60 Å². The summed E-state index contributed by atoms with van der Waals surface area (Å²) in [6.45, 7) is 3.23. The number of rotatable bonds is 5. The van der Waals surface area contributed by atoms with Crippen LogP contribution in [0.3, 0.4) is 0 Å². The molecule has 1 aliphatic rings. The van der Waals surface area contributed by atoms with E-state index in [1.807, 2.05) is 30.3 Å². The van der Waals surface area contributed by atoms with Gasteiger partial charge in [-0.15, -0.1) is 0 Å². The van der Waals surface area contributed by atoms with Gasteiger partial charge >= 0.3 is 0 Å². The second kappa shape index (κ2) is 8.10. The van der Waals surface area contributed by atoms with Crippen molar-refractivity contribution < 1.29 is 19.1 Å². The quantitative estimate of drug-likeness (QED) is 0.654. The molecule has 2 N–H and O–H groups in total. The maximum atomic E-state index is 13.0. The fourth-order valence-corrected chi connectivity index (χ4v) is 3.59. The first-order valence-corrected chi connectivity index (χ1v) is 9.88. The highest BCUT2D eigenvalue weighted by Crippen LogP contribution is 2.40. The van der Waals surface area contributed by atoms with Crippen LogP contribution in [0, 0.1) is 0 Å². The Morgan fingerprint density at radius 1 is 1.00 bits per heavy atom. The molecule has 2 amide bonds. The molecule has 7 heteroatoms. The van der Waals surface area contributed by atoms with Crippen LogP contribution in [0.25, 0.3) is 11.1 Å². The molecular formula is C24H23N3O4. The van der Waals surface area contributed by atoms with Crippen molar-refractivity contribution in [2.24, 2.45) is 0 Å². The first-order chi connectivity index (χ1) is 14.9. The predicted molar refractivity (Wildman–Crippen MR) is 118 cm³/mol. The van der Waals surface area contributed by atoms with Crippen LogP contribution in [-0.2, 0) is 16.0 Å². The van der Waals surface area contributed by atoms with Gasteiger partial charge in [0, 0.05) is 36.5 Å². The van der Waals surface area contributed by atoms with Crippen molar-refractivity contribution in [1.29, 1.82) is 0 Å². The predicted octanol–water partition coefficient (Wildman–Crippen LogP) is 4.05. The fourth-order valence-electron chi connectivity index (χ4n) is 3.59. The summed E-state index contributed by atoms with van der Waals surface area (Å²) >= 11 is 0. The molecule has 158 valence electrons. The largest absolute Gasteiger partial charge is 0.497 e. The molecule has 1 aliphatic heterocycles. The van der Waals surface area contributed by atoms with E-state index in [1.165, 1.54) is 6.92 Å². The molecular weight excluding hydrogens is 394 g/mol. The summed E-state index contributed by atoms with van der Waals surface area (Å²) in [6.07, 6.45) is 2.06. The summed E-state index contributed by atoms with van der Waals surface area (Å²) in [5.41, 5.74) is 3.08. The zero-order chi connectivity index (χ0) is 22.0. The number of hydrogen-bond acceptors (Lipinski definition) is 5. The van der Waals surface area contributed by atoms with Crippen molar-refractivity contribution in [2.45, 2.75) is 25.9 Å². The van der Waals surface area contributed by atoms with Crippen LogP contribution in [0.5, 0.6) is 11.6 Å².